The highest BCUT2D eigenvalue weighted by Gasteiger charge is 2.16. The molecule has 0 radical (unpaired) electrons. The predicted molar refractivity (Wildman–Crippen MR) is 89.9 cm³/mol. The first-order valence-electron chi connectivity index (χ1n) is 7.26. The number of hydrogen-bond donors (Lipinski definition) is 0. The molecule has 2 aromatic heterocycles. The maximum absolute atomic E-state index is 12.3. The van der Waals surface area contributed by atoms with Crippen molar-refractivity contribution in [3.05, 3.63) is 54.1 Å². The predicted octanol–water partition coefficient (Wildman–Crippen LogP) is 2.97. The van der Waals surface area contributed by atoms with Crippen LogP contribution in [0, 0.1) is 6.92 Å². The van der Waals surface area contributed by atoms with Crippen LogP contribution in [-0.4, -0.2) is 39.6 Å². The lowest BCUT2D eigenvalue weighted by Crippen LogP contribution is -2.37. The van der Waals surface area contributed by atoms with Gasteiger partial charge in [-0.15, -0.1) is 11.8 Å². The maximum atomic E-state index is 12.3. The number of aromatic nitrogens is 2. The molecule has 0 aliphatic heterocycles. The monoisotopic (exact) mass is 315 g/mol. The van der Waals surface area contributed by atoms with E-state index in [-0.39, 0.29) is 11.9 Å². The molecule has 0 aromatic carbocycles. The fourth-order valence-corrected chi connectivity index (χ4v) is 2.89. The number of carbonyl (C=O) groups excluding carboxylic acids is 1. The van der Waals surface area contributed by atoms with Gasteiger partial charge in [0.15, 0.2) is 0 Å². The summed E-state index contributed by atoms with van der Waals surface area (Å²) >= 11 is 1.54. The standard InChI is InChI=1S/C17H21N3OS/c1-13-4-9-19-15(10-13)11-14(2)20(3)17(21)12-22-16-5-7-18-8-6-16/h4-10,14H,11-12H2,1-3H3. The van der Waals surface area contributed by atoms with Gasteiger partial charge in [0.25, 0.3) is 0 Å². The largest absolute Gasteiger partial charge is 0.342 e. The van der Waals surface area contributed by atoms with Crippen molar-refractivity contribution in [2.24, 2.45) is 0 Å². The molecule has 0 aliphatic carbocycles. The zero-order chi connectivity index (χ0) is 15.9. The molecule has 2 aromatic rings. The molecule has 0 saturated heterocycles. The molecule has 5 heteroatoms. The van der Waals surface area contributed by atoms with Gasteiger partial charge in [0.05, 0.1) is 5.75 Å². The molecule has 0 bridgehead atoms. The first-order chi connectivity index (χ1) is 10.6. The highest BCUT2D eigenvalue weighted by molar-refractivity contribution is 8.00. The smallest absolute Gasteiger partial charge is 0.232 e. The highest BCUT2D eigenvalue weighted by atomic mass is 32.2. The Morgan fingerprint density at radius 3 is 2.68 bits per heavy atom. The fourth-order valence-electron chi connectivity index (χ4n) is 2.08. The minimum absolute atomic E-state index is 0.125. The van der Waals surface area contributed by atoms with Crippen molar-refractivity contribution in [1.82, 2.24) is 14.9 Å². The highest BCUT2D eigenvalue weighted by Crippen LogP contribution is 2.17. The van der Waals surface area contributed by atoms with E-state index in [4.69, 9.17) is 0 Å². The van der Waals surface area contributed by atoms with E-state index in [1.54, 1.807) is 17.3 Å². The quantitative estimate of drug-likeness (QED) is 0.769. The Morgan fingerprint density at radius 2 is 2.00 bits per heavy atom. The van der Waals surface area contributed by atoms with Gasteiger partial charge < -0.3 is 4.90 Å². The first-order valence-corrected chi connectivity index (χ1v) is 8.25. The van der Waals surface area contributed by atoms with Crippen LogP contribution in [0.4, 0.5) is 0 Å². The van der Waals surface area contributed by atoms with Crippen molar-refractivity contribution < 1.29 is 4.79 Å². The van der Waals surface area contributed by atoms with Crippen molar-refractivity contribution in [2.45, 2.75) is 31.2 Å². The average Bonchev–Trinajstić information content (AvgIpc) is 2.53. The van der Waals surface area contributed by atoms with E-state index in [0.29, 0.717) is 5.75 Å². The summed E-state index contributed by atoms with van der Waals surface area (Å²) in [6, 6.07) is 8.00. The Bertz CT molecular complexity index is 618. The number of pyridine rings is 2. The number of likely N-dealkylation sites (N-methyl/N-ethyl adjacent to an activating group) is 1. The van der Waals surface area contributed by atoms with Gasteiger partial charge in [-0.25, -0.2) is 0 Å². The van der Waals surface area contributed by atoms with Crippen molar-refractivity contribution in [1.29, 1.82) is 0 Å². The minimum atomic E-state index is 0.125. The lowest BCUT2D eigenvalue weighted by molar-refractivity contribution is -0.128. The molecule has 0 N–H and O–H groups in total. The molecule has 116 valence electrons. The third kappa shape index (κ3) is 4.84. The number of hydrogen-bond acceptors (Lipinski definition) is 4. The molecular formula is C17H21N3OS. The number of nitrogens with zero attached hydrogens (tertiary/aromatic N) is 3. The van der Waals surface area contributed by atoms with E-state index in [1.807, 2.05) is 31.4 Å². The summed E-state index contributed by atoms with van der Waals surface area (Å²) in [4.78, 5) is 23.5. The molecular weight excluding hydrogens is 294 g/mol. The van der Waals surface area contributed by atoms with Crippen LogP contribution in [0.15, 0.2) is 47.8 Å². The Kier molecular flexibility index (Phi) is 5.95. The molecule has 1 atom stereocenters. The summed E-state index contributed by atoms with van der Waals surface area (Å²) in [5.74, 6) is 0.563. The van der Waals surface area contributed by atoms with E-state index in [9.17, 15) is 4.79 Å². The summed E-state index contributed by atoms with van der Waals surface area (Å²) in [6.07, 6.45) is 6.06. The lowest BCUT2D eigenvalue weighted by atomic mass is 10.1. The third-order valence-electron chi connectivity index (χ3n) is 3.54. The Hall–Kier alpha value is -1.88. The van der Waals surface area contributed by atoms with Gasteiger partial charge in [-0.05, 0) is 43.7 Å². The van der Waals surface area contributed by atoms with Crippen LogP contribution in [0.5, 0.6) is 0 Å². The summed E-state index contributed by atoms with van der Waals surface area (Å²) in [7, 11) is 1.86. The number of thioether (sulfide) groups is 1. The van der Waals surface area contributed by atoms with E-state index in [2.05, 4.69) is 29.9 Å². The number of amides is 1. The zero-order valence-electron chi connectivity index (χ0n) is 13.2. The van der Waals surface area contributed by atoms with Crippen molar-refractivity contribution in [2.75, 3.05) is 12.8 Å². The second kappa shape index (κ2) is 7.94. The Labute approximate surface area is 136 Å². The molecule has 2 rings (SSSR count). The number of aryl methyl sites for hydroxylation is 1. The van der Waals surface area contributed by atoms with E-state index in [0.717, 1.165) is 17.0 Å². The van der Waals surface area contributed by atoms with Gasteiger partial charge in [0.2, 0.25) is 5.91 Å². The molecule has 0 spiro atoms. The molecule has 1 amide bonds. The van der Waals surface area contributed by atoms with Gasteiger partial charge in [0, 0.05) is 48.7 Å². The molecule has 0 fully saturated rings. The fraction of sp³-hybridized carbons (Fsp3) is 0.353. The summed E-state index contributed by atoms with van der Waals surface area (Å²) < 4.78 is 0. The molecule has 2 heterocycles. The topological polar surface area (TPSA) is 46.1 Å². The molecule has 0 saturated carbocycles. The Morgan fingerprint density at radius 1 is 1.27 bits per heavy atom. The van der Waals surface area contributed by atoms with Crippen LogP contribution in [0.1, 0.15) is 18.2 Å². The van der Waals surface area contributed by atoms with E-state index in [1.165, 1.54) is 17.3 Å². The first kappa shape index (κ1) is 16.5. The summed E-state index contributed by atoms with van der Waals surface area (Å²) in [5.41, 5.74) is 2.22. The van der Waals surface area contributed by atoms with Gasteiger partial charge in [0.1, 0.15) is 0 Å². The van der Waals surface area contributed by atoms with Gasteiger partial charge in [-0.2, -0.15) is 0 Å². The van der Waals surface area contributed by atoms with Crippen LogP contribution in [0.2, 0.25) is 0 Å². The minimum Gasteiger partial charge on any atom is -0.342 e. The van der Waals surface area contributed by atoms with Gasteiger partial charge in [-0.1, -0.05) is 0 Å². The van der Waals surface area contributed by atoms with Crippen LogP contribution < -0.4 is 0 Å². The number of carbonyl (C=O) groups is 1. The van der Waals surface area contributed by atoms with Crippen LogP contribution >= 0.6 is 11.8 Å². The van der Waals surface area contributed by atoms with Crippen molar-refractivity contribution in [3.63, 3.8) is 0 Å². The second-order valence-corrected chi connectivity index (χ2v) is 6.40. The Balaban J connectivity index is 1.86. The maximum Gasteiger partial charge on any atom is 0.232 e. The van der Waals surface area contributed by atoms with Gasteiger partial charge >= 0.3 is 0 Å². The second-order valence-electron chi connectivity index (χ2n) is 5.35. The average molecular weight is 315 g/mol. The molecule has 1 unspecified atom stereocenters. The van der Waals surface area contributed by atoms with Gasteiger partial charge in [-0.3, -0.25) is 14.8 Å². The van der Waals surface area contributed by atoms with Crippen LogP contribution in [0.3, 0.4) is 0 Å². The van der Waals surface area contributed by atoms with Crippen LogP contribution in [0.25, 0.3) is 0 Å². The normalized spacial score (nSPS) is 12.0. The molecule has 4 nitrogen and oxygen atoms in total. The van der Waals surface area contributed by atoms with E-state index < -0.39 is 0 Å². The van der Waals surface area contributed by atoms with Crippen molar-refractivity contribution >= 4 is 17.7 Å². The zero-order valence-corrected chi connectivity index (χ0v) is 14.0. The molecule has 0 aliphatic rings. The SMILES string of the molecule is Cc1ccnc(CC(C)N(C)C(=O)CSc2ccncc2)c1. The molecule has 22 heavy (non-hydrogen) atoms. The lowest BCUT2D eigenvalue weighted by Gasteiger charge is -2.24. The van der Waals surface area contributed by atoms with E-state index >= 15 is 0 Å². The van der Waals surface area contributed by atoms with Crippen LogP contribution in [-0.2, 0) is 11.2 Å². The summed E-state index contributed by atoms with van der Waals surface area (Å²) in [6.45, 7) is 4.11. The summed E-state index contributed by atoms with van der Waals surface area (Å²) in [5, 5.41) is 0. The number of rotatable bonds is 6. The van der Waals surface area contributed by atoms with Crippen molar-refractivity contribution in [3.8, 4) is 0 Å². The third-order valence-corrected chi connectivity index (χ3v) is 4.54.